The molecule has 0 amide bonds. The molecule has 0 unspecified atom stereocenters. The zero-order valence-corrected chi connectivity index (χ0v) is 12.4. The number of carboxylic acids is 1. The molecule has 0 bridgehead atoms. The molecule has 1 aromatic rings. The quantitative estimate of drug-likeness (QED) is 0.767. The molecule has 106 valence electrons. The van der Waals surface area contributed by atoms with Crippen molar-refractivity contribution in [3.63, 3.8) is 0 Å². The van der Waals surface area contributed by atoms with Gasteiger partial charge in [-0.3, -0.25) is 9.36 Å². The van der Waals surface area contributed by atoms with Crippen molar-refractivity contribution in [2.45, 2.75) is 37.9 Å². The number of aromatic nitrogens is 3. The van der Waals surface area contributed by atoms with E-state index in [2.05, 4.69) is 28.9 Å². The molecule has 1 N–H and O–H groups in total. The third-order valence-corrected chi connectivity index (χ3v) is 3.95. The van der Waals surface area contributed by atoms with Gasteiger partial charge < -0.3 is 10.0 Å². The maximum atomic E-state index is 10.6. The van der Waals surface area contributed by atoms with Crippen LogP contribution in [-0.2, 0) is 11.8 Å². The third kappa shape index (κ3) is 3.62. The summed E-state index contributed by atoms with van der Waals surface area (Å²) in [5.74, 6) is 0.590. The summed E-state index contributed by atoms with van der Waals surface area (Å²) < 4.78 is 1.90. The number of nitrogens with zero attached hydrogens (tertiary/aromatic N) is 4. The summed E-state index contributed by atoms with van der Waals surface area (Å²) in [6, 6.07) is 0.572. The lowest BCUT2D eigenvalue weighted by Gasteiger charge is -2.24. The first-order chi connectivity index (χ1) is 8.99. The molecular formula is C12H20N4O2S. The number of hydrogen-bond donors (Lipinski definition) is 1. The largest absolute Gasteiger partial charge is 0.481 e. The van der Waals surface area contributed by atoms with Crippen LogP contribution in [0.3, 0.4) is 0 Å². The molecule has 0 atom stereocenters. The van der Waals surface area contributed by atoms with Crippen LogP contribution >= 0.6 is 11.8 Å². The minimum absolute atomic E-state index is 0.0135. The van der Waals surface area contributed by atoms with E-state index in [9.17, 15) is 4.79 Å². The summed E-state index contributed by atoms with van der Waals surface area (Å²) in [5.41, 5.74) is 0. The number of anilines is 1. The molecule has 1 fully saturated rings. The van der Waals surface area contributed by atoms with Gasteiger partial charge in [-0.25, -0.2) is 0 Å². The van der Waals surface area contributed by atoms with Crippen molar-refractivity contribution in [2.24, 2.45) is 13.0 Å². The molecule has 1 heterocycles. The third-order valence-electron chi connectivity index (χ3n) is 2.94. The standard InChI is InChI=1S/C12H20N4O2S/c1-8(2)6-16(9-4-5-9)11-13-14-12(15(11)3)19-7-10(17)18/h8-9H,4-7H2,1-3H3,(H,17,18). The van der Waals surface area contributed by atoms with Crippen molar-refractivity contribution in [1.82, 2.24) is 14.8 Å². The average molecular weight is 284 g/mol. The SMILES string of the molecule is CC(C)CN(c1nnc(SCC(=O)O)n1C)C1CC1. The summed E-state index contributed by atoms with van der Waals surface area (Å²) in [4.78, 5) is 12.9. The minimum Gasteiger partial charge on any atom is -0.481 e. The van der Waals surface area contributed by atoms with E-state index in [4.69, 9.17) is 5.11 Å². The molecule has 1 aliphatic rings. The zero-order valence-electron chi connectivity index (χ0n) is 11.5. The Bertz CT molecular complexity index is 457. The van der Waals surface area contributed by atoms with Gasteiger partial charge in [0.15, 0.2) is 5.16 Å². The summed E-state index contributed by atoms with van der Waals surface area (Å²) in [6.07, 6.45) is 2.41. The molecule has 1 aromatic heterocycles. The number of carbonyl (C=O) groups is 1. The van der Waals surface area contributed by atoms with Crippen LogP contribution in [0.15, 0.2) is 5.16 Å². The Hall–Kier alpha value is -1.24. The second-order valence-corrected chi connectivity index (χ2v) is 6.24. The van der Waals surface area contributed by atoms with Gasteiger partial charge in [0.2, 0.25) is 5.95 Å². The fraction of sp³-hybridized carbons (Fsp3) is 0.750. The van der Waals surface area contributed by atoms with Crippen LogP contribution < -0.4 is 4.90 Å². The average Bonchev–Trinajstić information content (AvgIpc) is 3.09. The van der Waals surface area contributed by atoms with Crippen LogP contribution in [0, 0.1) is 5.92 Å². The van der Waals surface area contributed by atoms with Gasteiger partial charge in [0.25, 0.3) is 0 Å². The van der Waals surface area contributed by atoms with Crippen molar-refractivity contribution < 1.29 is 9.90 Å². The molecule has 2 rings (SSSR count). The second-order valence-electron chi connectivity index (χ2n) is 5.30. The van der Waals surface area contributed by atoms with Crippen molar-refractivity contribution in [2.75, 3.05) is 17.2 Å². The van der Waals surface area contributed by atoms with Crippen LogP contribution in [0.4, 0.5) is 5.95 Å². The lowest BCUT2D eigenvalue weighted by molar-refractivity contribution is -0.133. The molecule has 1 saturated carbocycles. The van der Waals surface area contributed by atoms with Gasteiger partial charge in [0, 0.05) is 19.6 Å². The van der Waals surface area contributed by atoms with E-state index in [1.807, 2.05) is 11.6 Å². The fourth-order valence-electron chi connectivity index (χ4n) is 1.98. The van der Waals surface area contributed by atoms with Crippen LogP contribution in [0.1, 0.15) is 26.7 Å². The van der Waals surface area contributed by atoms with Crippen molar-refractivity contribution in [3.8, 4) is 0 Å². The van der Waals surface area contributed by atoms with E-state index in [-0.39, 0.29) is 5.75 Å². The lowest BCUT2D eigenvalue weighted by atomic mass is 10.2. The number of aliphatic carboxylic acids is 1. The maximum Gasteiger partial charge on any atom is 0.313 e. The molecule has 0 saturated heterocycles. The van der Waals surface area contributed by atoms with Crippen LogP contribution in [0.5, 0.6) is 0 Å². The van der Waals surface area contributed by atoms with Crippen LogP contribution in [-0.4, -0.2) is 44.2 Å². The topological polar surface area (TPSA) is 71.2 Å². The summed E-state index contributed by atoms with van der Waals surface area (Å²) in [5, 5.41) is 17.7. The van der Waals surface area contributed by atoms with Gasteiger partial charge in [-0.2, -0.15) is 0 Å². The molecule has 0 spiro atoms. The monoisotopic (exact) mass is 284 g/mol. The summed E-state index contributed by atoms with van der Waals surface area (Å²) in [7, 11) is 1.90. The Balaban J connectivity index is 2.12. The zero-order chi connectivity index (χ0) is 14.0. The summed E-state index contributed by atoms with van der Waals surface area (Å²) in [6.45, 7) is 5.33. The summed E-state index contributed by atoms with van der Waals surface area (Å²) >= 11 is 1.21. The molecule has 0 radical (unpaired) electrons. The molecule has 7 heteroatoms. The second kappa shape index (κ2) is 5.81. The van der Waals surface area contributed by atoms with Crippen LogP contribution in [0.25, 0.3) is 0 Å². The van der Waals surface area contributed by atoms with Gasteiger partial charge in [-0.1, -0.05) is 25.6 Å². The minimum atomic E-state index is -0.837. The van der Waals surface area contributed by atoms with Gasteiger partial charge in [-0.15, -0.1) is 10.2 Å². The van der Waals surface area contributed by atoms with E-state index in [0.29, 0.717) is 17.1 Å². The Morgan fingerprint density at radius 3 is 2.74 bits per heavy atom. The maximum absolute atomic E-state index is 10.6. The smallest absolute Gasteiger partial charge is 0.313 e. The Morgan fingerprint density at radius 2 is 2.21 bits per heavy atom. The van der Waals surface area contributed by atoms with Gasteiger partial charge in [0.1, 0.15) is 0 Å². The number of carboxylic acid groups (broad SMARTS) is 1. The fourth-order valence-corrected chi connectivity index (χ4v) is 2.61. The lowest BCUT2D eigenvalue weighted by Crippen LogP contribution is -2.32. The van der Waals surface area contributed by atoms with E-state index in [0.717, 1.165) is 12.5 Å². The number of hydrogen-bond acceptors (Lipinski definition) is 5. The van der Waals surface area contributed by atoms with E-state index >= 15 is 0 Å². The Labute approximate surface area is 117 Å². The molecule has 0 aromatic carbocycles. The molecule has 0 aliphatic heterocycles. The predicted octanol–water partition coefficient (Wildman–Crippen LogP) is 1.62. The molecule has 6 nitrogen and oxygen atoms in total. The first-order valence-electron chi connectivity index (χ1n) is 6.49. The van der Waals surface area contributed by atoms with Gasteiger partial charge >= 0.3 is 5.97 Å². The molecule has 1 aliphatic carbocycles. The number of thioether (sulfide) groups is 1. The molecular weight excluding hydrogens is 264 g/mol. The van der Waals surface area contributed by atoms with Gasteiger partial charge in [-0.05, 0) is 18.8 Å². The highest BCUT2D eigenvalue weighted by atomic mass is 32.2. The predicted molar refractivity (Wildman–Crippen MR) is 74.6 cm³/mol. The van der Waals surface area contributed by atoms with Crippen molar-refractivity contribution >= 4 is 23.7 Å². The Morgan fingerprint density at radius 1 is 1.53 bits per heavy atom. The highest BCUT2D eigenvalue weighted by Crippen LogP contribution is 2.32. The first-order valence-corrected chi connectivity index (χ1v) is 7.48. The van der Waals surface area contributed by atoms with Crippen LogP contribution in [0.2, 0.25) is 0 Å². The van der Waals surface area contributed by atoms with E-state index < -0.39 is 5.97 Å². The Kier molecular flexibility index (Phi) is 4.34. The first kappa shape index (κ1) is 14.2. The molecule has 19 heavy (non-hydrogen) atoms. The highest BCUT2D eigenvalue weighted by Gasteiger charge is 2.32. The van der Waals surface area contributed by atoms with Gasteiger partial charge in [0.05, 0.1) is 5.75 Å². The van der Waals surface area contributed by atoms with E-state index in [1.54, 1.807) is 0 Å². The van der Waals surface area contributed by atoms with Crippen molar-refractivity contribution in [1.29, 1.82) is 0 Å². The normalized spacial score (nSPS) is 14.9. The van der Waals surface area contributed by atoms with E-state index in [1.165, 1.54) is 24.6 Å². The highest BCUT2D eigenvalue weighted by molar-refractivity contribution is 7.99. The van der Waals surface area contributed by atoms with Crippen molar-refractivity contribution in [3.05, 3.63) is 0 Å². The number of rotatable bonds is 7.